The lowest BCUT2D eigenvalue weighted by atomic mass is 10.1. The molecular weight excluding hydrogens is 436 g/mol. The maximum atomic E-state index is 13.0. The number of pyridine rings is 1. The predicted octanol–water partition coefficient (Wildman–Crippen LogP) is 3.52. The molecule has 0 aromatic carbocycles. The number of piperidine rings is 1. The fourth-order valence-corrected chi connectivity index (χ4v) is 3.76. The minimum absolute atomic E-state index is 0.0264. The third-order valence-electron chi connectivity index (χ3n) is 5.66. The molecule has 34 heavy (non-hydrogen) atoms. The summed E-state index contributed by atoms with van der Waals surface area (Å²) in [7, 11) is 0. The van der Waals surface area contributed by atoms with E-state index in [1.165, 1.54) is 12.5 Å². The van der Waals surface area contributed by atoms with E-state index in [9.17, 15) is 9.59 Å². The van der Waals surface area contributed by atoms with E-state index in [0.29, 0.717) is 24.7 Å². The molecule has 2 aliphatic rings. The van der Waals surface area contributed by atoms with Gasteiger partial charge in [-0.25, -0.2) is 29.7 Å². The van der Waals surface area contributed by atoms with Gasteiger partial charge in [-0.3, -0.25) is 10.1 Å². The lowest BCUT2D eigenvalue weighted by Gasteiger charge is -2.26. The summed E-state index contributed by atoms with van der Waals surface area (Å²) >= 11 is 0. The Morgan fingerprint density at radius 2 is 1.82 bits per heavy atom. The van der Waals surface area contributed by atoms with Gasteiger partial charge in [0, 0.05) is 25.2 Å². The Balaban J connectivity index is 1.34. The molecule has 0 radical (unpaired) electrons. The third kappa shape index (κ3) is 5.08. The number of carbonyl (C=O) groups excluding carboxylic acids is 2. The number of aromatic nitrogens is 5. The minimum atomic E-state index is -0.796. The maximum Gasteiger partial charge on any atom is 0.418 e. The van der Waals surface area contributed by atoms with Crippen LogP contribution in [0.1, 0.15) is 54.2 Å². The number of anilines is 3. The highest BCUT2D eigenvalue weighted by molar-refractivity contribution is 6.01. The zero-order valence-corrected chi connectivity index (χ0v) is 18.5. The van der Waals surface area contributed by atoms with Crippen LogP contribution in [0.25, 0.3) is 0 Å². The van der Waals surface area contributed by atoms with E-state index in [-0.39, 0.29) is 29.0 Å². The minimum Gasteiger partial charge on any atom is -0.387 e. The number of nitrogens with one attached hydrogen (secondary N) is 2. The first-order valence-electron chi connectivity index (χ1n) is 11.3. The Bertz CT molecular complexity index is 1180. The van der Waals surface area contributed by atoms with Gasteiger partial charge in [0.1, 0.15) is 6.33 Å². The lowest BCUT2D eigenvalue weighted by molar-refractivity contribution is 0.0719. The molecule has 1 aliphatic carbocycles. The van der Waals surface area contributed by atoms with Crippen LogP contribution in [0.2, 0.25) is 0 Å². The van der Waals surface area contributed by atoms with Crippen molar-refractivity contribution in [2.24, 2.45) is 0 Å². The van der Waals surface area contributed by atoms with Gasteiger partial charge in [0.15, 0.2) is 11.5 Å². The second kappa shape index (κ2) is 9.77. The van der Waals surface area contributed by atoms with Gasteiger partial charge in [0.2, 0.25) is 0 Å². The van der Waals surface area contributed by atoms with Crippen LogP contribution in [0.4, 0.5) is 22.0 Å². The van der Waals surface area contributed by atoms with Gasteiger partial charge in [-0.05, 0) is 44.2 Å². The van der Waals surface area contributed by atoms with Crippen molar-refractivity contribution in [2.75, 3.05) is 23.7 Å². The number of hydrogen-bond donors (Lipinski definition) is 2. The summed E-state index contributed by atoms with van der Waals surface area (Å²) in [6.45, 7) is 1.36. The van der Waals surface area contributed by atoms with E-state index >= 15 is 0 Å². The van der Waals surface area contributed by atoms with Crippen molar-refractivity contribution in [2.45, 2.75) is 38.0 Å². The molecule has 174 valence electrons. The van der Waals surface area contributed by atoms with E-state index in [2.05, 4.69) is 35.6 Å². The summed E-state index contributed by atoms with van der Waals surface area (Å²) in [6, 6.07) is 3.27. The fourth-order valence-electron chi connectivity index (χ4n) is 3.76. The highest BCUT2D eigenvalue weighted by atomic mass is 16.6. The summed E-state index contributed by atoms with van der Waals surface area (Å²) in [4.78, 5) is 48.6. The zero-order valence-electron chi connectivity index (χ0n) is 18.5. The molecule has 4 heterocycles. The predicted molar refractivity (Wildman–Crippen MR) is 123 cm³/mol. The second-order valence-electron chi connectivity index (χ2n) is 8.24. The van der Waals surface area contributed by atoms with Crippen molar-refractivity contribution in [1.29, 1.82) is 0 Å². The highest BCUT2D eigenvalue weighted by Crippen LogP contribution is 2.40. The Morgan fingerprint density at radius 1 is 1.03 bits per heavy atom. The van der Waals surface area contributed by atoms with Crippen LogP contribution in [0.5, 0.6) is 5.88 Å². The number of nitrogens with zero attached hydrogens (tertiary/aromatic N) is 6. The summed E-state index contributed by atoms with van der Waals surface area (Å²) < 4.78 is 5.54. The number of carbonyl (C=O) groups is 2. The summed E-state index contributed by atoms with van der Waals surface area (Å²) in [5.41, 5.74) is 1.79. The fraction of sp³-hybridized carbons (Fsp3) is 0.348. The average molecular weight is 460 g/mol. The topological polar surface area (TPSA) is 135 Å². The molecule has 11 heteroatoms. The molecule has 11 nitrogen and oxygen atoms in total. The van der Waals surface area contributed by atoms with E-state index in [1.54, 1.807) is 35.6 Å². The molecule has 2 amide bonds. The molecule has 0 atom stereocenters. The molecule has 5 rings (SSSR count). The van der Waals surface area contributed by atoms with Crippen LogP contribution in [-0.2, 0) is 0 Å². The van der Waals surface area contributed by atoms with Crippen LogP contribution in [-0.4, -0.2) is 54.9 Å². The van der Waals surface area contributed by atoms with Gasteiger partial charge in [-0.1, -0.05) is 0 Å². The van der Waals surface area contributed by atoms with Crippen LogP contribution < -0.4 is 15.4 Å². The summed E-state index contributed by atoms with van der Waals surface area (Å²) in [5.74, 6) is 0.389. The van der Waals surface area contributed by atoms with E-state index < -0.39 is 6.09 Å². The number of hydrogen-bond acceptors (Lipinski definition) is 9. The van der Waals surface area contributed by atoms with Crippen molar-refractivity contribution in [3.8, 4) is 5.88 Å². The molecule has 1 saturated heterocycles. The van der Waals surface area contributed by atoms with Crippen LogP contribution in [0.15, 0.2) is 43.2 Å². The van der Waals surface area contributed by atoms with E-state index in [4.69, 9.17) is 4.74 Å². The van der Waals surface area contributed by atoms with Crippen molar-refractivity contribution >= 4 is 29.2 Å². The summed E-state index contributed by atoms with van der Waals surface area (Å²) in [5, 5.41) is 5.67. The number of rotatable bonds is 6. The smallest absolute Gasteiger partial charge is 0.387 e. The molecule has 3 aromatic rings. The average Bonchev–Trinajstić information content (AvgIpc) is 3.72. The summed E-state index contributed by atoms with van der Waals surface area (Å²) in [6.07, 6.45) is 12.0. The number of ether oxygens (including phenoxy) is 1. The number of amides is 2. The van der Waals surface area contributed by atoms with Crippen molar-refractivity contribution < 1.29 is 14.3 Å². The highest BCUT2D eigenvalue weighted by Gasteiger charge is 2.28. The molecule has 0 bridgehead atoms. The zero-order chi connectivity index (χ0) is 23.3. The molecule has 3 aromatic heterocycles. The Hall–Kier alpha value is -4.15. The largest absolute Gasteiger partial charge is 0.418 e. The monoisotopic (exact) mass is 460 g/mol. The van der Waals surface area contributed by atoms with Gasteiger partial charge in [-0.15, -0.1) is 0 Å². The van der Waals surface area contributed by atoms with Gasteiger partial charge < -0.3 is 15.0 Å². The van der Waals surface area contributed by atoms with Crippen LogP contribution in [0.3, 0.4) is 0 Å². The Kier molecular flexibility index (Phi) is 6.23. The molecule has 0 unspecified atom stereocenters. The molecule has 2 N–H and O–H groups in total. The first-order chi connectivity index (χ1) is 16.7. The molecule has 2 fully saturated rings. The van der Waals surface area contributed by atoms with Crippen molar-refractivity contribution in [1.82, 2.24) is 29.8 Å². The first kappa shape index (κ1) is 21.7. The van der Waals surface area contributed by atoms with Crippen LogP contribution >= 0.6 is 0 Å². The van der Waals surface area contributed by atoms with Crippen molar-refractivity contribution in [3.05, 3.63) is 54.6 Å². The Labute approximate surface area is 196 Å². The lowest BCUT2D eigenvalue weighted by Crippen LogP contribution is -2.36. The van der Waals surface area contributed by atoms with Gasteiger partial charge >= 0.3 is 6.09 Å². The second-order valence-corrected chi connectivity index (χ2v) is 8.24. The molecule has 0 spiro atoms. The Morgan fingerprint density at radius 3 is 2.59 bits per heavy atom. The quantitative estimate of drug-likeness (QED) is 0.566. The first-order valence-corrected chi connectivity index (χ1v) is 11.3. The maximum absolute atomic E-state index is 13.0. The third-order valence-corrected chi connectivity index (χ3v) is 5.66. The van der Waals surface area contributed by atoms with E-state index in [1.807, 2.05) is 0 Å². The number of likely N-dealkylation sites (tertiary alicyclic amines) is 1. The molecule has 1 saturated carbocycles. The normalized spacial score (nSPS) is 15.5. The van der Waals surface area contributed by atoms with Crippen molar-refractivity contribution in [3.63, 3.8) is 0 Å². The van der Waals surface area contributed by atoms with E-state index in [0.717, 1.165) is 37.8 Å². The van der Waals surface area contributed by atoms with Gasteiger partial charge in [0.05, 0.1) is 35.7 Å². The van der Waals surface area contributed by atoms with Gasteiger partial charge in [-0.2, -0.15) is 0 Å². The molecular formula is C23H24N8O3. The SMILES string of the molecule is O=C(Nc1cccnc1C(=O)N1CCCCC1)Oc1nc(C2CC2)cnc1Nc1cncnc1. The standard InChI is InChI=1S/C23H24N8O3/c32-22(31-9-2-1-3-10-31)19-17(5-4-8-26-19)30-23(33)34-21-20(28-16-11-24-14-25-12-16)27-13-18(29-21)15-6-7-15/h4-5,8,11-15H,1-3,6-7,9-10H2,(H,27,28)(H,30,33). The molecule has 1 aliphatic heterocycles. The van der Waals surface area contributed by atoms with Gasteiger partial charge in [0.25, 0.3) is 11.8 Å². The van der Waals surface area contributed by atoms with Crippen LogP contribution in [0, 0.1) is 0 Å².